The lowest BCUT2D eigenvalue weighted by Gasteiger charge is -2.44. The van der Waals surface area contributed by atoms with Crippen LogP contribution in [0.25, 0.3) is 22.8 Å². The zero-order chi connectivity index (χ0) is 27.9. The summed E-state index contributed by atoms with van der Waals surface area (Å²) in [6.45, 7) is 9.76. The Morgan fingerprint density at radius 1 is 1.10 bits per heavy atom. The predicted octanol–water partition coefficient (Wildman–Crippen LogP) is 4.77. The monoisotopic (exact) mass is 562 g/mol. The zero-order valence-electron chi connectivity index (χ0n) is 24.1. The van der Waals surface area contributed by atoms with Crippen molar-refractivity contribution in [3.63, 3.8) is 0 Å². The number of allylic oxidation sites excluding steroid dienone is 1. The van der Waals surface area contributed by atoms with Gasteiger partial charge in [-0.05, 0) is 82.5 Å². The van der Waals surface area contributed by atoms with Crippen molar-refractivity contribution in [2.45, 2.75) is 89.8 Å². The molecule has 2 saturated heterocycles. The molecule has 4 aliphatic rings. The smallest absolute Gasteiger partial charge is 0.381 e. The van der Waals surface area contributed by atoms with E-state index in [0.29, 0.717) is 41.2 Å². The number of H-pyrrole nitrogens is 1. The van der Waals surface area contributed by atoms with Gasteiger partial charge in [0, 0.05) is 37.7 Å². The summed E-state index contributed by atoms with van der Waals surface area (Å²) in [7, 11) is 0. The van der Waals surface area contributed by atoms with Crippen molar-refractivity contribution in [1.82, 2.24) is 29.7 Å². The van der Waals surface area contributed by atoms with Crippen molar-refractivity contribution in [2.75, 3.05) is 30.0 Å². The highest BCUT2D eigenvalue weighted by Gasteiger charge is 2.37. The molecule has 2 aliphatic carbocycles. The van der Waals surface area contributed by atoms with Crippen molar-refractivity contribution < 1.29 is 9.26 Å². The Morgan fingerprint density at radius 3 is 2.68 bits per heavy atom. The number of aromatic amines is 1. The molecular formula is C30H42N8O3. The highest BCUT2D eigenvalue weighted by molar-refractivity contribution is 5.87. The highest BCUT2D eigenvalue weighted by atomic mass is 16.5. The second kappa shape index (κ2) is 11.2. The average molecular weight is 563 g/mol. The number of rotatable bonds is 8. The number of hydrogen-bond donors (Lipinski definition) is 2. The summed E-state index contributed by atoms with van der Waals surface area (Å²) < 4.78 is 13.1. The van der Waals surface area contributed by atoms with Crippen molar-refractivity contribution in [1.29, 1.82) is 0 Å². The predicted molar refractivity (Wildman–Crippen MR) is 157 cm³/mol. The van der Waals surface area contributed by atoms with Gasteiger partial charge in [-0.3, -0.25) is 9.51 Å². The lowest BCUT2D eigenvalue weighted by atomic mass is 9.80. The van der Waals surface area contributed by atoms with Gasteiger partial charge in [-0.1, -0.05) is 17.7 Å². The molecule has 11 heteroatoms. The number of anilines is 2. The lowest BCUT2D eigenvalue weighted by molar-refractivity contribution is 0.0278. The van der Waals surface area contributed by atoms with E-state index in [-0.39, 0.29) is 11.9 Å². The molecule has 0 bridgehead atoms. The zero-order valence-corrected chi connectivity index (χ0v) is 24.1. The molecule has 3 aromatic rings. The Hall–Kier alpha value is -3.21. The van der Waals surface area contributed by atoms with Gasteiger partial charge in [0.05, 0.1) is 6.61 Å². The molecule has 0 amide bonds. The molecule has 2 saturated carbocycles. The maximum Gasteiger partial charge on any atom is 0.439 e. The first-order valence-electron chi connectivity index (χ1n) is 15.7. The van der Waals surface area contributed by atoms with Crippen LogP contribution >= 0.6 is 0 Å². The first-order valence-corrected chi connectivity index (χ1v) is 15.7. The van der Waals surface area contributed by atoms with Crippen molar-refractivity contribution in [3.8, 4) is 11.6 Å². The fourth-order valence-electron chi connectivity index (χ4n) is 7.50. The molecule has 0 aromatic carbocycles. The molecule has 2 aliphatic heterocycles. The van der Waals surface area contributed by atoms with Crippen LogP contribution in [0, 0.1) is 23.7 Å². The van der Waals surface area contributed by atoms with Gasteiger partial charge in [-0.2, -0.15) is 4.98 Å². The average Bonchev–Trinajstić information content (AvgIpc) is 3.56. The van der Waals surface area contributed by atoms with E-state index in [9.17, 15) is 4.79 Å². The Balaban J connectivity index is 1.35. The fraction of sp³-hybridized carbons (Fsp3) is 0.700. The van der Waals surface area contributed by atoms with Crippen LogP contribution in [-0.4, -0.2) is 61.5 Å². The third kappa shape index (κ3) is 5.17. The van der Waals surface area contributed by atoms with Gasteiger partial charge in [0.2, 0.25) is 17.6 Å². The number of nitrogens with one attached hydrogen (secondary N) is 2. The van der Waals surface area contributed by atoms with Gasteiger partial charge in [0.1, 0.15) is 5.52 Å². The maximum atomic E-state index is 11.8. The van der Waals surface area contributed by atoms with Crippen LogP contribution in [0.4, 0.5) is 11.8 Å². The second-order valence-corrected chi connectivity index (χ2v) is 12.7. The Bertz CT molecular complexity index is 1430. The fourth-order valence-corrected chi connectivity index (χ4v) is 7.50. The number of piperidine rings is 1. The molecule has 11 nitrogen and oxygen atoms in total. The van der Waals surface area contributed by atoms with Crippen molar-refractivity contribution in [3.05, 3.63) is 23.2 Å². The van der Waals surface area contributed by atoms with E-state index in [1.807, 2.05) is 0 Å². The second-order valence-electron chi connectivity index (χ2n) is 12.7. The van der Waals surface area contributed by atoms with E-state index in [0.717, 1.165) is 56.4 Å². The standard InChI is InChI=1S/C30H42N8O3/c1-3-19-9-11-20(12-10-19)16-38-24-25(31-18(2)21-6-4-7-21)32-27(28-35-30(39)41-36-28)33-26(24)34-29(38)37-14-5-8-22-17-40-15-13-23(22)37/h3,18-23H,1,4-17H2,2H3,(H,31,32,33)(H,35,36,39). The summed E-state index contributed by atoms with van der Waals surface area (Å²) >= 11 is 0. The molecule has 5 heterocycles. The molecule has 3 atom stereocenters. The normalized spacial score (nSPS) is 27.8. The third-order valence-electron chi connectivity index (χ3n) is 10.2. The Labute approximate surface area is 240 Å². The minimum Gasteiger partial charge on any atom is -0.381 e. The van der Waals surface area contributed by atoms with Crippen molar-refractivity contribution in [2.24, 2.45) is 23.7 Å². The Kier molecular flexibility index (Phi) is 7.30. The van der Waals surface area contributed by atoms with Crippen LogP contribution in [0.5, 0.6) is 0 Å². The molecule has 3 aromatic heterocycles. The lowest BCUT2D eigenvalue weighted by Crippen LogP contribution is -2.50. The molecule has 3 unspecified atom stereocenters. The van der Waals surface area contributed by atoms with E-state index >= 15 is 0 Å². The largest absolute Gasteiger partial charge is 0.439 e. The van der Waals surface area contributed by atoms with Gasteiger partial charge >= 0.3 is 5.76 Å². The van der Waals surface area contributed by atoms with Crippen LogP contribution < -0.4 is 16.0 Å². The number of ether oxygens (including phenoxy) is 1. The van der Waals surface area contributed by atoms with E-state index < -0.39 is 5.76 Å². The SMILES string of the molecule is C=CC1CCC(Cn2c(N3CCCC4COCCC43)nc3nc(-c4noc(=O)[nH]4)nc(NC(C)C4CCC4)c32)CC1. The number of imidazole rings is 1. The summed E-state index contributed by atoms with van der Waals surface area (Å²) in [5.41, 5.74) is 1.58. The van der Waals surface area contributed by atoms with Crippen LogP contribution in [0.3, 0.4) is 0 Å². The van der Waals surface area contributed by atoms with Crippen LogP contribution in [0.2, 0.25) is 0 Å². The summed E-state index contributed by atoms with van der Waals surface area (Å²) in [4.78, 5) is 32.0. The van der Waals surface area contributed by atoms with E-state index in [2.05, 4.69) is 44.5 Å². The first-order chi connectivity index (χ1) is 20.1. The Morgan fingerprint density at radius 2 is 1.95 bits per heavy atom. The number of aromatic nitrogens is 6. The summed E-state index contributed by atoms with van der Waals surface area (Å²) in [5, 5.41) is 7.65. The quantitative estimate of drug-likeness (QED) is 0.373. The van der Waals surface area contributed by atoms with E-state index in [1.54, 1.807) is 0 Å². The van der Waals surface area contributed by atoms with Gasteiger partial charge in [0.15, 0.2) is 11.5 Å². The molecule has 0 radical (unpaired) electrons. The van der Waals surface area contributed by atoms with Crippen LogP contribution in [0.15, 0.2) is 22.0 Å². The van der Waals surface area contributed by atoms with E-state index in [1.165, 1.54) is 51.4 Å². The van der Waals surface area contributed by atoms with Crippen molar-refractivity contribution >= 4 is 22.9 Å². The van der Waals surface area contributed by atoms with Gasteiger partial charge in [0.25, 0.3) is 0 Å². The maximum absolute atomic E-state index is 11.8. The molecule has 0 spiro atoms. The molecule has 220 valence electrons. The minimum atomic E-state index is -0.624. The van der Waals surface area contributed by atoms with Crippen LogP contribution in [0.1, 0.15) is 71.1 Å². The van der Waals surface area contributed by atoms with Gasteiger partial charge in [-0.25, -0.2) is 14.8 Å². The molecule has 2 N–H and O–H groups in total. The number of nitrogens with zero attached hydrogens (tertiary/aromatic N) is 6. The summed E-state index contributed by atoms with van der Waals surface area (Å²) in [5.74, 6) is 3.97. The van der Waals surface area contributed by atoms with E-state index in [4.69, 9.17) is 24.2 Å². The molecule has 4 fully saturated rings. The third-order valence-corrected chi connectivity index (χ3v) is 10.2. The van der Waals surface area contributed by atoms with Gasteiger partial charge in [-0.15, -0.1) is 6.58 Å². The van der Waals surface area contributed by atoms with Crippen LogP contribution in [-0.2, 0) is 11.3 Å². The molecular weight excluding hydrogens is 520 g/mol. The molecule has 41 heavy (non-hydrogen) atoms. The number of hydrogen-bond acceptors (Lipinski definition) is 9. The van der Waals surface area contributed by atoms with Gasteiger partial charge < -0.3 is 19.5 Å². The first kappa shape index (κ1) is 26.7. The topological polar surface area (TPSA) is 127 Å². The molecule has 7 rings (SSSR count). The minimum absolute atomic E-state index is 0.220. The summed E-state index contributed by atoms with van der Waals surface area (Å²) in [6, 6.07) is 0.671. The number of fused-ring (bicyclic) bond motifs is 2. The summed E-state index contributed by atoms with van der Waals surface area (Å²) in [6.07, 6.45) is 13.9. The highest BCUT2D eigenvalue weighted by Crippen LogP contribution is 2.39.